The summed E-state index contributed by atoms with van der Waals surface area (Å²) in [6.45, 7) is 5.25. The van der Waals surface area contributed by atoms with Crippen molar-refractivity contribution in [2.45, 2.75) is 46.4 Å². The first-order valence-corrected chi connectivity index (χ1v) is 9.04. The van der Waals surface area contributed by atoms with Gasteiger partial charge in [0.15, 0.2) is 11.9 Å². The highest BCUT2D eigenvalue weighted by Gasteiger charge is 2.21. The molecule has 1 aromatic carbocycles. The summed E-state index contributed by atoms with van der Waals surface area (Å²) in [7, 11) is 0. The Balaban J connectivity index is 2.11. The molecule has 9 nitrogen and oxygen atoms in total. The van der Waals surface area contributed by atoms with Crippen molar-refractivity contribution in [2.24, 2.45) is 0 Å². The number of nitrogens with zero attached hydrogens (tertiary/aromatic N) is 3. The molecule has 1 aromatic heterocycles. The van der Waals surface area contributed by atoms with Gasteiger partial charge >= 0.3 is 17.6 Å². The van der Waals surface area contributed by atoms with E-state index in [9.17, 15) is 14.4 Å². The van der Waals surface area contributed by atoms with Crippen molar-refractivity contribution < 1.29 is 23.8 Å². The van der Waals surface area contributed by atoms with E-state index in [-0.39, 0.29) is 38.0 Å². The van der Waals surface area contributed by atoms with E-state index in [0.29, 0.717) is 18.0 Å². The molecule has 28 heavy (non-hydrogen) atoms. The second-order valence-corrected chi connectivity index (χ2v) is 6.12. The summed E-state index contributed by atoms with van der Waals surface area (Å²) in [5.74, 6) is 0.194. The number of carbonyl (C=O) groups excluding carboxylic acids is 2. The van der Waals surface area contributed by atoms with Gasteiger partial charge in [-0.25, -0.2) is 9.48 Å². The Kier molecular flexibility index (Phi) is 7.79. The monoisotopic (exact) mass is 391 g/mol. The summed E-state index contributed by atoms with van der Waals surface area (Å²) < 4.78 is 18.4. The number of carbonyl (C=O) groups is 2. The van der Waals surface area contributed by atoms with Crippen LogP contribution in [0.1, 0.15) is 39.1 Å². The molecule has 1 atom stereocenters. The van der Waals surface area contributed by atoms with Crippen LogP contribution in [0, 0.1) is 0 Å². The average molecular weight is 391 g/mol. The molecule has 9 heteroatoms. The second-order valence-electron chi connectivity index (χ2n) is 6.12. The predicted octanol–water partition coefficient (Wildman–Crippen LogP) is 1.70. The highest BCUT2D eigenvalue weighted by atomic mass is 16.5. The van der Waals surface area contributed by atoms with Crippen molar-refractivity contribution in [3.63, 3.8) is 0 Å². The lowest BCUT2D eigenvalue weighted by Gasteiger charge is -2.12. The van der Waals surface area contributed by atoms with Gasteiger partial charge in [0.1, 0.15) is 12.4 Å². The molecule has 2 rings (SSSR count). The van der Waals surface area contributed by atoms with Crippen LogP contribution in [0.3, 0.4) is 0 Å². The third-order valence-electron chi connectivity index (χ3n) is 3.80. The van der Waals surface area contributed by atoms with E-state index in [4.69, 9.17) is 14.2 Å². The molecule has 0 N–H and O–H groups in total. The molecule has 0 aliphatic carbocycles. The van der Waals surface area contributed by atoms with E-state index in [1.807, 2.05) is 30.3 Å². The van der Waals surface area contributed by atoms with Crippen molar-refractivity contribution in [3.05, 3.63) is 46.6 Å². The minimum Gasteiger partial charge on any atom is -0.492 e. The maximum absolute atomic E-state index is 12.7. The van der Waals surface area contributed by atoms with Gasteiger partial charge in [-0.1, -0.05) is 18.2 Å². The molecule has 0 radical (unpaired) electrons. The van der Waals surface area contributed by atoms with Gasteiger partial charge in [-0.2, -0.15) is 5.10 Å². The zero-order valence-corrected chi connectivity index (χ0v) is 16.3. The average Bonchev–Trinajstić information content (AvgIpc) is 2.95. The maximum atomic E-state index is 12.7. The number of hydrogen-bond donors (Lipinski definition) is 0. The van der Waals surface area contributed by atoms with Crippen molar-refractivity contribution in [1.82, 2.24) is 14.3 Å². The molecule has 2 aromatic rings. The summed E-state index contributed by atoms with van der Waals surface area (Å²) in [5, 5.41) is 4.30. The number of esters is 2. The maximum Gasteiger partial charge on any atom is 0.346 e. The minimum atomic E-state index is -0.684. The smallest absolute Gasteiger partial charge is 0.346 e. The van der Waals surface area contributed by atoms with Crippen molar-refractivity contribution in [3.8, 4) is 5.75 Å². The topological polar surface area (TPSA) is 102 Å². The van der Waals surface area contributed by atoms with Crippen molar-refractivity contribution in [1.29, 1.82) is 0 Å². The number of aromatic nitrogens is 3. The van der Waals surface area contributed by atoms with Gasteiger partial charge in [0.25, 0.3) is 0 Å². The van der Waals surface area contributed by atoms with Gasteiger partial charge in [-0.3, -0.25) is 14.2 Å². The van der Waals surface area contributed by atoms with E-state index in [1.54, 1.807) is 6.92 Å². The van der Waals surface area contributed by atoms with Crippen LogP contribution < -0.4 is 10.4 Å². The van der Waals surface area contributed by atoms with Gasteiger partial charge in [0.05, 0.1) is 13.2 Å². The van der Waals surface area contributed by atoms with E-state index in [2.05, 4.69) is 5.10 Å². The highest BCUT2D eigenvalue weighted by molar-refractivity contribution is 5.66. The summed E-state index contributed by atoms with van der Waals surface area (Å²) in [5.41, 5.74) is -0.339. The number of para-hydroxylation sites is 1. The van der Waals surface area contributed by atoms with E-state index in [1.165, 1.54) is 23.1 Å². The van der Waals surface area contributed by atoms with Crippen LogP contribution in [0.25, 0.3) is 0 Å². The Bertz CT molecular complexity index is 843. The molecular formula is C19H25N3O6. The third kappa shape index (κ3) is 6.26. The van der Waals surface area contributed by atoms with Crippen molar-refractivity contribution in [2.75, 3.05) is 13.2 Å². The molecule has 0 saturated carbocycles. The first kappa shape index (κ1) is 21.2. The molecule has 0 bridgehead atoms. The Morgan fingerprint density at radius 2 is 1.79 bits per heavy atom. The quantitative estimate of drug-likeness (QED) is 0.449. The van der Waals surface area contributed by atoms with Crippen LogP contribution in [0.15, 0.2) is 35.1 Å². The Morgan fingerprint density at radius 1 is 1.07 bits per heavy atom. The molecule has 1 unspecified atom stereocenters. The predicted molar refractivity (Wildman–Crippen MR) is 99.9 cm³/mol. The summed E-state index contributed by atoms with van der Waals surface area (Å²) in [6, 6.07) is 9.25. The first-order valence-electron chi connectivity index (χ1n) is 9.04. The standard InChI is InChI=1S/C19H25N3O6/c1-14(28-16(3)24)18-20-22(10-7-12-26-15(2)23)19(25)21(18)11-13-27-17-8-5-4-6-9-17/h4-6,8-9,14H,7,10-13H2,1-3H3. The minimum absolute atomic E-state index is 0.195. The van der Waals surface area contributed by atoms with Crippen LogP contribution in [0.4, 0.5) is 0 Å². The molecule has 0 fully saturated rings. The lowest BCUT2D eigenvalue weighted by molar-refractivity contribution is -0.146. The Hall–Kier alpha value is -3.10. The fourth-order valence-electron chi connectivity index (χ4n) is 2.62. The van der Waals surface area contributed by atoms with Crippen LogP contribution >= 0.6 is 0 Å². The molecule has 1 heterocycles. The molecule has 0 aliphatic heterocycles. The van der Waals surface area contributed by atoms with Crippen LogP contribution in [0.5, 0.6) is 5.75 Å². The lowest BCUT2D eigenvalue weighted by atomic mass is 10.3. The number of rotatable bonds is 10. The van der Waals surface area contributed by atoms with Crippen molar-refractivity contribution >= 4 is 11.9 Å². The van der Waals surface area contributed by atoms with Gasteiger partial charge in [-0.15, -0.1) is 0 Å². The zero-order chi connectivity index (χ0) is 20.5. The normalized spacial score (nSPS) is 11.7. The van der Waals surface area contributed by atoms with Gasteiger partial charge in [0.2, 0.25) is 0 Å². The number of ether oxygens (including phenoxy) is 3. The molecule has 0 saturated heterocycles. The lowest BCUT2D eigenvalue weighted by Crippen LogP contribution is -2.28. The SMILES string of the molecule is CC(=O)OCCCn1nc(C(C)OC(C)=O)n(CCOc2ccccc2)c1=O. The summed E-state index contributed by atoms with van der Waals surface area (Å²) >= 11 is 0. The third-order valence-corrected chi connectivity index (χ3v) is 3.80. The fourth-order valence-corrected chi connectivity index (χ4v) is 2.62. The largest absolute Gasteiger partial charge is 0.492 e. The molecule has 152 valence electrons. The number of benzene rings is 1. The zero-order valence-electron chi connectivity index (χ0n) is 16.3. The number of hydrogen-bond acceptors (Lipinski definition) is 7. The van der Waals surface area contributed by atoms with Crippen LogP contribution in [-0.2, 0) is 32.2 Å². The first-order chi connectivity index (χ1) is 13.4. The Morgan fingerprint density at radius 3 is 2.43 bits per heavy atom. The summed E-state index contributed by atoms with van der Waals surface area (Å²) in [4.78, 5) is 34.8. The van der Waals surface area contributed by atoms with Gasteiger partial charge < -0.3 is 14.2 Å². The fraction of sp³-hybridized carbons (Fsp3) is 0.474. The van der Waals surface area contributed by atoms with Gasteiger partial charge in [0, 0.05) is 26.8 Å². The molecular weight excluding hydrogens is 366 g/mol. The van der Waals surface area contributed by atoms with Crippen LogP contribution in [0.2, 0.25) is 0 Å². The molecule has 0 amide bonds. The summed E-state index contributed by atoms with van der Waals surface area (Å²) in [6.07, 6.45) is -0.241. The molecule has 0 spiro atoms. The van der Waals surface area contributed by atoms with E-state index < -0.39 is 12.1 Å². The molecule has 0 aliphatic rings. The number of aryl methyl sites for hydroxylation is 1. The highest BCUT2D eigenvalue weighted by Crippen LogP contribution is 2.14. The van der Waals surface area contributed by atoms with E-state index in [0.717, 1.165) is 0 Å². The van der Waals surface area contributed by atoms with Gasteiger partial charge in [-0.05, 0) is 19.1 Å². The van der Waals surface area contributed by atoms with E-state index >= 15 is 0 Å². The Labute approximate surface area is 162 Å². The van der Waals surface area contributed by atoms with Crippen LogP contribution in [-0.4, -0.2) is 39.5 Å². The second kappa shape index (κ2) is 10.3.